The first kappa shape index (κ1) is 16.1. The van der Waals surface area contributed by atoms with Crippen LogP contribution >= 0.6 is 0 Å². The van der Waals surface area contributed by atoms with Crippen LogP contribution in [0.4, 0.5) is 0 Å². The molecule has 29 heavy (non-hydrogen) atoms. The van der Waals surface area contributed by atoms with Gasteiger partial charge in [-0.15, -0.1) is 0 Å². The number of esters is 2. The van der Waals surface area contributed by atoms with Crippen molar-refractivity contribution < 1.29 is 29.7 Å². The van der Waals surface area contributed by atoms with Gasteiger partial charge in [-0.2, -0.15) is 0 Å². The highest BCUT2D eigenvalue weighted by molar-refractivity contribution is 5.72. The smallest absolute Gasteiger partial charge is 0.308 e. The third-order valence-electron chi connectivity index (χ3n) is 6.57. The Morgan fingerprint density at radius 2 is 2.31 bits per heavy atom. The van der Waals surface area contributed by atoms with E-state index >= 15 is 0 Å². The van der Waals surface area contributed by atoms with Crippen LogP contribution in [-0.2, 0) is 19.1 Å². The van der Waals surface area contributed by atoms with Gasteiger partial charge in [-0.1, -0.05) is 45.9 Å². The van der Waals surface area contributed by atoms with Gasteiger partial charge < -0.3 is 14.6 Å². The van der Waals surface area contributed by atoms with E-state index in [1.165, 1.54) is 6.92 Å². The maximum Gasteiger partial charge on any atom is 0.308 e. The Morgan fingerprint density at radius 3 is 3.03 bits per heavy atom. The highest BCUT2D eigenvalue weighted by Crippen LogP contribution is 2.45. The number of hydrogen-bond donors (Lipinski definition) is 1. The average Bonchev–Trinajstić information content (AvgIpc) is 2.77. The second kappa shape index (κ2) is 9.46. The molecular weight excluding hydrogens is 368 g/mol. The third kappa shape index (κ3) is 5.30. The van der Waals surface area contributed by atoms with Gasteiger partial charge in [0.25, 0.3) is 0 Å². The zero-order valence-corrected chi connectivity index (χ0v) is 17.6. The lowest BCUT2D eigenvalue weighted by Gasteiger charge is -2.43. The highest BCUT2D eigenvalue weighted by atomic mass is 16.5. The molecule has 1 fully saturated rings. The molecule has 0 aromatic heterocycles. The standard InChI is InChI=1S/C24H36O5/c1-5-15(3)24(27)29-21-11-14(2)10-17-7-6-16(4)20(23(17)21)9-8-19-12-18(25)13-22(26)28-19/h6-7,10,14-16,18-21,23,25H,5,8-9,11-13H2,1-4H3/t14-,15-,16-,18+,19?,20-,21-,23-/m0/s1/i2D3,15D,25D. The van der Waals surface area contributed by atoms with Crippen LogP contribution in [0.1, 0.15) is 71.6 Å². The number of ether oxygens (including phenoxy) is 2. The Hall–Kier alpha value is -1.62. The summed E-state index contributed by atoms with van der Waals surface area (Å²) in [6.07, 6.45) is 6.58. The molecule has 5 nitrogen and oxygen atoms in total. The summed E-state index contributed by atoms with van der Waals surface area (Å²) in [7, 11) is 0. The van der Waals surface area contributed by atoms with E-state index in [0.717, 1.165) is 5.57 Å². The number of rotatable bonds is 7. The number of hydrogen-bond acceptors (Lipinski definition) is 5. The lowest BCUT2D eigenvalue weighted by Crippen LogP contribution is -2.42. The minimum Gasteiger partial charge on any atom is -0.462 e. The van der Waals surface area contributed by atoms with Crippen molar-refractivity contribution in [3.63, 3.8) is 0 Å². The average molecular weight is 410 g/mol. The van der Waals surface area contributed by atoms with Gasteiger partial charge in [0.1, 0.15) is 12.2 Å². The molecule has 1 heterocycles. The summed E-state index contributed by atoms with van der Waals surface area (Å²) in [6, 6.07) is 0. The second-order valence-electron chi connectivity index (χ2n) is 8.75. The quantitative estimate of drug-likeness (QED) is 0.638. The number of fused-ring (bicyclic) bond motifs is 1. The molecular formula is C24H36O5. The summed E-state index contributed by atoms with van der Waals surface area (Å²) in [5, 5.41) is 4.64. The molecule has 0 bridgehead atoms. The molecule has 0 spiro atoms. The van der Waals surface area contributed by atoms with E-state index in [4.69, 9.17) is 16.4 Å². The summed E-state index contributed by atoms with van der Waals surface area (Å²) < 4.78 is 50.6. The van der Waals surface area contributed by atoms with E-state index in [1.54, 1.807) is 13.0 Å². The van der Waals surface area contributed by atoms with Crippen LogP contribution in [0.25, 0.3) is 0 Å². The summed E-state index contributed by atoms with van der Waals surface area (Å²) in [4.78, 5) is 24.7. The van der Waals surface area contributed by atoms with Gasteiger partial charge in [-0.3, -0.25) is 9.59 Å². The molecule has 0 aromatic carbocycles. The Balaban J connectivity index is 1.84. The molecule has 5 heteroatoms. The number of carbonyl (C=O) groups excluding carboxylic acids is 2. The molecule has 3 aliphatic rings. The minimum absolute atomic E-state index is 0.0428. The predicted molar refractivity (Wildman–Crippen MR) is 111 cm³/mol. The molecule has 0 saturated carbocycles. The molecule has 2 aliphatic carbocycles. The van der Waals surface area contributed by atoms with Gasteiger partial charge in [0.15, 0.2) is 0 Å². The van der Waals surface area contributed by atoms with Crippen LogP contribution in [0.5, 0.6) is 0 Å². The van der Waals surface area contributed by atoms with Gasteiger partial charge in [0.05, 0.1) is 18.4 Å². The molecule has 1 unspecified atom stereocenters. The van der Waals surface area contributed by atoms with Gasteiger partial charge in [-0.05, 0) is 49.0 Å². The van der Waals surface area contributed by atoms with Gasteiger partial charge >= 0.3 is 11.9 Å². The first-order valence-corrected chi connectivity index (χ1v) is 10.8. The first-order valence-electron chi connectivity index (χ1n) is 13.2. The Kier molecular flexibility index (Phi) is 5.26. The Bertz CT molecular complexity index is 821. The molecule has 3 rings (SSSR count). The van der Waals surface area contributed by atoms with Gasteiger partial charge in [0, 0.05) is 17.8 Å². The predicted octanol–water partition coefficient (Wildman–Crippen LogP) is 4.20. The van der Waals surface area contributed by atoms with E-state index in [1.807, 2.05) is 6.08 Å². The topological polar surface area (TPSA) is 72.8 Å². The van der Waals surface area contributed by atoms with E-state index in [0.29, 0.717) is 25.7 Å². The van der Waals surface area contributed by atoms with Crippen LogP contribution in [0.3, 0.4) is 0 Å². The van der Waals surface area contributed by atoms with Crippen LogP contribution in [0, 0.1) is 29.6 Å². The van der Waals surface area contributed by atoms with E-state index in [9.17, 15) is 9.59 Å². The maximum atomic E-state index is 12.8. The van der Waals surface area contributed by atoms with Gasteiger partial charge in [0.2, 0.25) is 1.43 Å². The van der Waals surface area contributed by atoms with E-state index < -0.39 is 36.8 Å². The van der Waals surface area contributed by atoms with Crippen molar-refractivity contribution in [2.75, 3.05) is 0 Å². The zero-order valence-electron chi connectivity index (χ0n) is 22.6. The number of cyclic esters (lactones) is 1. The monoisotopic (exact) mass is 409 g/mol. The maximum absolute atomic E-state index is 12.8. The first-order chi connectivity index (χ1) is 15.9. The van der Waals surface area contributed by atoms with Crippen molar-refractivity contribution in [3.8, 4) is 0 Å². The molecule has 162 valence electrons. The second-order valence-corrected chi connectivity index (χ2v) is 8.75. The fraction of sp³-hybridized carbons (Fsp3) is 0.750. The summed E-state index contributed by atoms with van der Waals surface area (Å²) >= 11 is 0. The van der Waals surface area contributed by atoms with E-state index in [2.05, 4.69) is 18.1 Å². The number of aliphatic hydroxyl groups is 1. The molecule has 8 atom stereocenters. The van der Waals surface area contributed by atoms with Crippen molar-refractivity contribution in [2.45, 2.75) is 84.5 Å². The van der Waals surface area contributed by atoms with E-state index in [-0.39, 0.29) is 42.7 Å². The SMILES string of the molecule is [2H]O[C@H]1CC(=O)OC(CC[C@@H]2[C@@H]3C(=C[C@H](C([2H])([2H])[2H])C[C@@H]3OC(=O)[C@@]([2H])(C)CC)C=C[C@@H]2C)C1. The van der Waals surface area contributed by atoms with Crippen LogP contribution in [0.15, 0.2) is 23.8 Å². The molecule has 0 aromatic rings. The van der Waals surface area contributed by atoms with Crippen molar-refractivity contribution in [3.05, 3.63) is 23.8 Å². The fourth-order valence-electron chi connectivity index (χ4n) is 4.79. The highest BCUT2D eigenvalue weighted by Gasteiger charge is 2.42. The van der Waals surface area contributed by atoms with Gasteiger partial charge in [-0.25, -0.2) is 0 Å². The summed E-state index contributed by atoms with van der Waals surface area (Å²) in [5.41, 5.74) is 0.851. The number of allylic oxidation sites excluding steroid dienone is 3. The molecule has 1 saturated heterocycles. The largest absolute Gasteiger partial charge is 0.462 e. The van der Waals surface area contributed by atoms with Crippen molar-refractivity contribution >= 4 is 11.9 Å². The summed E-state index contributed by atoms with van der Waals surface area (Å²) in [5.74, 6) is -3.15. The molecule has 1 aliphatic heterocycles. The van der Waals surface area contributed by atoms with Crippen LogP contribution in [0.2, 0.25) is 0 Å². The Labute approximate surface area is 181 Å². The van der Waals surface area contributed by atoms with Crippen molar-refractivity contribution in [2.24, 2.45) is 29.6 Å². The lowest BCUT2D eigenvalue weighted by atomic mass is 9.65. The number of aliphatic hydroxyl groups excluding tert-OH is 1. The number of carbonyl (C=O) groups is 2. The minimum atomic E-state index is -2.22. The normalized spacial score (nSPS) is 41.9. The zero-order chi connectivity index (χ0) is 25.3. The van der Waals surface area contributed by atoms with Crippen LogP contribution in [-0.4, -0.2) is 36.8 Å². The Morgan fingerprint density at radius 1 is 1.48 bits per heavy atom. The summed E-state index contributed by atoms with van der Waals surface area (Å²) in [6.45, 7) is 3.13. The third-order valence-corrected chi connectivity index (χ3v) is 6.57. The lowest BCUT2D eigenvalue weighted by molar-refractivity contribution is -0.162. The molecule has 1 N–H and O–H groups in total. The van der Waals surface area contributed by atoms with Crippen LogP contribution < -0.4 is 0 Å². The molecule has 0 amide bonds. The van der Waals surface area contributed by atoms with Crippen molar-refractivity contribution in [1.82, 2.24) is 0 Å². The molecule has 0 radical (unpaired) electrons. The van der Waals surface area contributed by atoms with Crippen molar-refractivity contribution in [1.29, 1.82) is 1.43 Å². The fourth-order valence-corrected chi connectivity index (χ4v) is 4.79.